The zero-order chi connectivity index (χ0) is 12.8. The molecule has 0 radical (unpaired) electrons. The maximum Gasteiger partial charge on any atom is 0.270 e. The van der Waals surface area contributed by atoms with Gasteiger partial charge in [0.25, 0.3) is 5.91 Å². The van der Waals surface area contributed by atoms with E-state index in [1.165, 1.54) is 12.8 Å². The van der Waals surface area contributed by atoms with E-state index in [1.807, 2.05) is 17.5 Å². The van der Waals surface area contributed by atoms with Crippen LogP contribution in [0.25, 0.3) is 10.1 Å². The third kappa shape index (κ3) is 3.01. The predicted molar refractivity (Wildman–Crippen MR) is 89.9 cm³/mol. The average molecular weight is 346 g/mol. The fourth-order valence-corrected chi connectivity index (χ4v) is 4.00. The lowest BCUT2D eigenvalue weighted by Crippen LogP contribution is -2.43. The lowest BCUT2D eigenvalue weighted by molar-refractivity contribution is 0.0926. The monoisotopic (exact) mass is 345 g/mol. The summed E-state index contributed by atoms with van der Waals surface area (Å²) in [5.41, 5.74) is 0.526. The number of carbonyl (C=O) groups is 1. The van der Waals surface area contributed by atoms with Crippen molar-refractivity contribution < 1.29 is 4.79 Å². The number of halogens is 2. The Labute approximate surface area is 139 Å². The number of aromatic nitrogens is 1. The van der Waals surface area contributed by atoms with E-state index in [2.05, 4.69) is 15.6 Å². The van der Waals surface area contributed by atoms with Crippen molar-refractivity contribution in [2.45, 2.75) is 37.4 Å². The van der Waals surface area contributed by atoms with Crippen LogP contribution in [0.2, 0.25) is 0 Å². The summed E-state index contributed by atoms with van der Waals surface area (Å²) in [5.74, 6) is -0.0466. The minimum absolute atomic E-state index is 0. The highest BCUT2D eigenvalue weighted by atomic mass is 35.5. The van der Waals surface area contributed by atoms with Crippen LogP contribution < -0.4 is 10.6 Å². The van der Waals surface area contributed by atoms with E-state index >= 15 is 0 Å². The first kappa shape index (κ1) is 16.5. The third-order valence-electron chi connectivity index (χ3n) is 4.19. The molecular weight excluding hydrogens is 329 g/mol. The number of fused-ring (bicyclic) bond motifs is 3. The van der Waals surface area contributed by atoms with E-state index in [0.29, 0.717) is 17.8 Å². The SMILES string of the molecule is Cl.Cl.O=C(N[C@@H]1C[C@H]2CC[C@@H]1N2)c1cc2sccc2cn1. The zero-order valence-corrected chi connectivity index (χ0v) is 13.7. The van der Waals surface area contributed by atoms with Crippen LogP contribution >= 0.6 is 36.2 Å². The molecule has 2 aromatic rings. The maximum atomic E-state index is 12.2. The number of hydrogen-bond donors (Lipinski definition) is 2. The molecule has 3 atom stereocenters. The second-order valence-corrected chi connectivity index (χ2v) is 6.34. The van der Waals surface area contributed by atoms with Crippen molar-refractivity contribution in [2.75, 3.05) is 0 Å². The normalized spacial score (nSPS) is 26.2. The first-order chi connectivity index (χ1) is 9.29. The first-order valence-corrected chi connectivity index (χ1v) is 7.58. The molecule has 21 heavy (non-hydrogen) atoms. The Kier molecular flexibility index (Phi) is 5.09. The Bertz CT molecular complexity index is 648. The molecule has 1 amide bonds. The van der Waals surface area contributed by atoms with Gasteiger partial charge in [-0.05, 0) is 36.8 Å². The van der Waals surface area contributed by atoms with Gasteiger partial charge in [0.1, 0.15) is 5.69 Å². The number of amides is 1. The van der Waals surface area contributed by atoms with Crippen LogP contribution in [0.1, 0.15) is 29.8 Å². The summed E-state index contributed by atoms with van der Waals surface area (Å²) in [5, 5.41) is 9.77. The van der Waals surface area contributed by atoms with Crippen molar-refractivity contribution in [3.8, 4) is 0 Å². The number of nitrogens with zero attached hydrogens (tertiary/aromatic N) is 1. The van der Waals surface area contributed by atoms with Gasteiger partial charge in [0, 0.05) is 34.4 Å². The molecule has 0 saturated carbocycles. The minimum atomic E-state index is -0.0466. The van der Waals surface area contributed by atoms with Crippen LogP contribution in [0, 0.1) is 0 Å². The van der Waals surface area contributed by atoms with Gasteiger partial charge >= 0.3 is 0 Å². The summed E-state index contributed by atoms with van der Waals surface area (Å²) < 4.78 is 1.12. The van der Waals surface area contributed by atoms with Crippen molar-refractivity contribution >= 4 is 52.1 Å². The molecule has 2 aliphatic heterocycles. The summed E-state index contributed by atoms with van der Waals surface area (Å²) in [6.45, 7) is 0. The standard InChI is InChI=1S/C14H15N3OS.2ClH/c18-14(17-11-5-9-1-2-10(11)16-9)12-6-13-8(7-15-12)3-4-19-13;;/h3-4,6-7,9-11,16H,1-2,5H2,(H,17,18);2*1H/t9-,10+,11-;;/m1../s1. The van der Waals surface area contributed by atoms with E-state index < -0.39 is 0 Å². The van der Waals surface area contributed by atoms with Crippen LogP contribution in [0.3, 0.4) is 0 Å². The van der Waals surface area contributed by atoms with E-state index in [0.717, 1.165) is 16.5 Å². The van der Waals surface area contributed by atoms with Gasteiger partial charge in [-0.2, -0.15) is 0 Å². The smallest absolute Gasteiger partial charge is 0.270 e. The van der Waals surface area contributed by atoms with E-state index in [4.69, 9.17) is 0 Å². The van der Waals surface area contributed by atoms with Gasteiger partial charge in [0.15, 0.2) is 0 Å². The molecule has 7 heteroatoms. The summed E-state index contributed by atoms with van der Waals surface area (Å²) in [6, 6.07) is 5.24. The molecule has 2 bridgehead atoms. The second kappa shape index (κ2) is 6.48. The topological polar surface area (TPSA) is 54.0 Å². The van der Waals surface area contributed by atoms with Gasteiger partial charge in [-0.25, -0.2) is 0 Å². The molecule has 4 nitrogen and oxygen atoms in total. The number of carbonyl (C=O) groups excluding carboxylic acids is 1. The molecule has 2 saturated heterocycles. The molecule has 2 N–H and O–H groups in total. The van der Waals surface area contributed by atoms with Gasteiger partial charge < -0.3 is 10.6 Å². The number of thiophene rings is 1. The highest BCUT2D eigenvalue weighted by Crippen LogP contribution is 2.28. The fourth-order valence-electron chi connectivity index (χ4n) is 3.21. The molecule has 2 fully saturated rings. The largest absolute Gasteiger partial charge is 0.346 e. The Morgan fingerprint density at radius 1 is 1.38 bits per heavy atom. The number of nitrogens with one attached hydrogen (secondary N) is 2. The molecule has 0 aliphatic carbocycles. The van der Waals surface area contributed by atoms with Crippen LogP contribution in [-0.2, 0) is 0 Å². The number of rotatable bonds is 2. The quantitative estimate of drug-likeness (QED) is 0.879. The molecular formula is C14H17Cl2N3OS. The second-order valence-electron chi connectivity index (χ2n) is 5.39. The Balaban J connectivity index is 0.000000807. The molecule has 0 spiro atoms. The lowest BCUT2D eigenvalue weighted by atomic mass is 9.95. The fraction of sp³-hybridized carbons (Fsp3) is 0.429. The molecule has 4 heterocycles. The van der Waals surface area contributed by atoms with Crippen LogP contribution in [-0.4, -0.2) is 29.0 Å². The maximum absolute atomic E-state index is 12.2. The van der Waals surface area contributed by atoms with Crippen molar-refractivity contribution in [2.24, 2.45) is 0 Å². The van der Waals surface area contributed by atoms with Gasteiger partial charge in [0.2, 0.25) is 0 Å². The number of pyridine rings is 1. The molecule has 2 aromatic heterocycles. The first-order valence-electron chi connectivity index (χ1n) is 6.70. The van der Waals surface area contributed by atoms with E-state index in [1.54, 1.807) is 17.5 Å². The molecule has 4 rings (SSSR count). The van der Waals surface area contributed by atoms with Gasteiger partial charge in [-0.3, -0.25) is 9.78 Å². The Hall–Kier alpha value is -0.880. The van der Waals surface area contributed by atoms with Crippen LogP contribution in [0.15, 0.2) is 23.7 Å². The van der Waals surface area contributed by atoms with Gasteiger partial charge in [-0.1, -0.05) is 0 Å². The van der Waals surface area contributed by atoms with Gasteiger partial charge in [0.05, 0.1) is 0 Å². The van der Waals surface area contributed by atoms with Crippen LogP contribution in [0.4, 0.5) is 0 Å². The lowest BCUT2D eigenvalue weighted by Gasteiger charge is -2.21. The number of hydrogen-bond acceptors (Lipinski definition) is 4. The van der Waals surface area contributed by atoms with Crippen molar-refractivity contribution in [3.05, 3.63) is 29.4 Å². The summed E-state index contributed by atoms with van der Waals surface area (Å²) in [6.07, 6.45) is 5.25. The van der Waals surface area contributed by atoms with Crippen molar-refractivity contribution in [1.82, 2.24) is 15.6 Å². The zero-order valence-electron chi connectivity index (χ0n) is 11.2. The summed E-state index contributed by atoms with van der Waals surface area (Å²) in [7, 11) is 0. The summed E-state index contributed by atoms with van der Waals surface area (Å²) >= 11 is 1.64. The molecule has 0 unspecified atom stereocenters. The molecule has 114 valence electrons. The molecule has 0 aromatic carbocycles. The summed E-state index contributed by atoms with van der Waals surface area (Å²) in [4.78, 5) is 16.5. The Morgan fingerprint density at radius 2 is 2.24 bits per heavy atom. The van der Waals surface area contributed by atoms with Crippen molar-refractivity contribution in [3.63, 3.8) is 0 Å². The Morgan fingerprint density at radius 3 is 2.95 bits per heavy atom. The molecule has 2 aliphatic rings. The van der Waals surface area contributed by atoms with Crippen molar-refractivity contribution in [1.29, 1.82) is 0 Å². The van der Waals surface area contributed by atoms with Gasteiger partial charge in [-0.15, -0.1) is 36.2 Å². The predicted octanol–water partition coefficient (Wildman–Crippen LogP) is 2.76. The van der Waals surface area contributed by atoms with E-state index in [-0.39, 0.29) is 36.8 Å². The van der Waals surface area contributed by atoms with Crippen LogP contribution in [0.5, 0.6) is 0 Å². The van der Waals surface area contributed by atoms with E-state index in [9.17, 15) is 4.79 Å². The third-order valence-corrected chi connectivity index (χ3v) is 5.07. The highest BCUT2D eigenvalue weighted by Gasteiger charge is 2.39. The minimum Gasteiger partial charge on any atom is -0.346 e. The highest BCUT2D eigenvalue weighted by molar-refractivity contribution is 7.17. The average Bonchev–Trinajstić information content (AvgIpc) is 3.13.